The molecule has 3 nitrogen and oxygen atoms in total. The van der Waals surface area contributed by atoms with E-state index in [2.05, 4.69) is 36.8 Å². The van der Waals surface area contributed by atoms with Crippen LogP contribution in [-0.2, 0) is 0 Å². The van der Waals surface area contributed by atoms with E-state index >= 15 is 0 Å². The Balaban J connectivity index is 2.40. The molecule has 0 saturated heterocycles. The van der Waals surface area contributed by atoms with Gasteiger partial charge in [-0.05, 0) is 40.2 Å². The van der Waals surface area contributed by atoms with Crippen LogP contribution in [0.4, 0.5) is 0 Å². The third kappa shape index (κ3) is 3.02. The van der Waals surface area contributed by atoms with Gasteiger partial charge in [0.1, 0.15) is 11.8 Å². The minimum atomic E-state index is 0.206. The van der Waals surface area contributed by atoms with Crippen LogP contribution in [0.1, 0.15) is 5.69 Å². The minimum Gasteiger partial charge on any atom is -0.453 e. The lowest BCUT2D eigenvalue weighted by molar-refractivity contribution is 0.478. The zero-order chi connectivity index (χ0) is 13.1. The van der Waals surface area contributed by atoms with Crippen LogP contribution in [0.2, 0.25) is 5.02 Å². The highest BCUT2D eigenvalue weighted by molar-refractivity contribution is 9.10. The van der Waals surface area contributed by atoms with Gasteiger partial charge in [-0.15, -0.1) is 0 Å². The number of nitriles is 1. The molecule has 0 radical (unpaired) electrons. The first kappa shape index (κ1) is 13.3. The second-order valence-electron chi connectivity index (χ2n) is 3.29. The number of benzene rings is 1. The van der Waals surface area contributed by atoms with Crippen LogP contribution < -0.4 is 4.74 Å². The largest absolute Gasteiger partial charge is 0.453 e. The number of halogens is 3. The highest BCUT2D eigenvalue weighted by Gasteiger charge is 2.09. The van der Waals surface area contributed by atoms with Crippen molar-refractivity contribution >= 4 is 43.5 Å². The van der Waals surface area contributed by atoms with Crippen molar-refractivity contribution in [3.8, 4) is 17.6 Å². The van der Waals surface area contributed by atoms with E-state index < -0.39 is 0 Å². The summed E-state index contributed by atoms with van der Waals surface area (Å²) < 4.78 is 7.18. The van der Waals surface area contributed by atoms with Gasteiger partial charge < -0.3 is 4.74 Å². The summed E-state index contributed by atoms with van der Waals surface area (Å²) in [7, 11) is 0. The number of ether oxygens (including phenoxy) is 1. The summed E-state index contributed by atoms with van der Waals surface area (Å²) in [6, 6.07) is 8.87. The van der Waals surface area contributed by atoms with Crippen molar-refractivity contribution in [1.29, 1.82) is 5.26 Å². The fraction of sp³-hybridized carbons (Fsp3) is 0. The van der Waals surface area contributed by atoms with E-state index in [1.807, 2.05) is 6.07 Å². The first-order chi connectivity index (χ1) is 8.60. The molecule has 0 aliphatic rings. The molecule has 90 valence electrons. The Bertz CT molecular complexity index is 640. The van der Waals surface area contributed by atoms with Crippen molar-refractivity contribution < 1.29 is 4.74 Å². The Hall–Kier alpha value is -1.09. The molecule has 0 spiro atoms. The molecule has 1 aromatic carbocycles. The molecule has 0 fully saturated rings. The monoisotopic (exact) mass is 386 g/mol. The number of pyridine rings is 1. The second kappa shape index (κ2) is 5.70. The van der Waals surface area contributed by atoms with Crippen molar-refractivity contribution in [2.75, 3.05) is 0 Å². The summed E-state index contributed by atoms with van der Waals surface area (Å²) in [6.45, 7) is 0. The average Bonchev–Trinajstić information content (AvgIpc) is 2.33. The molecule has 0 N–H and O–H groups in total. The standard InChI is InChI=1S/C12H5Br2ClN2O/c13-7-1-2-11(9(15)3-7)18-12-4-8(14)6-17-10(12)5-16/h1-4,6H. The van der Waals surface area contributed by atoms with Crippen LogP contribution in [0.25, 0.3) is 0 Å². The Morgan fingerprint density at radius 2 is 1.94 bits per heavy atom. The molecule has 0 bridgehead atoms. The number of nitrogens with zero attached hydrogens (tertiary/aromatic N) is 2. The molecule has 0 unspecified atom stereocenters. The highest BCUT2D eigenvalue weighted by atomic mass is 79.9. The summed E-state index contributed by atoms with van der Waals surface area (Å²) in [6.07, 6.45) is 1.54. The lowest BCUT2D eigenvalue weighted by Crippen LogP contribution is -1.92. The lowest BCUT2D eigenvalue weighted by Gasteiger charge is -2.08. The van der Waals surface area contributed by atoms with E-state index in [0.717, 1.165) is 8.95 Å². The highest BCUT2D eigenvalue weighted by Crippen LogP contribution is 2.33. The Labute approximate surface area is 126 Å². The number of aromatic nitrogens is 1. The van der Waals surface area contributed by atoms with Gasteiger partial charge in [-0.2, -0.15) is 5.26 Å². The van der Waals surface area contributed by atoms with Gasteiger partial charge in [-0.3, -0.25) is 0 Å². The van der Waals surface area contributed by atoms with Gasteiger partial charge in [-0.25, -0.2) is 4.98 Å². The van der Waals surface area contributed by atoms with Gasteiger partial charge in [0.15, 0.2) is 11.4 Å². The van der Waals surface area contributed by atoms with Crippen molar-refractivity contribution in [2.24, 2.45) is 0 Å². The first-order valence-electron chi connectivity index (χ1n) is 4.78. The van der Waals surface area contributed by atoms with Crippen LogP contribution in [0.15, 0.2) is 39.4 Å². The maximum absolute atomic E-state index is 8.95. The van der Waals surface area contributed by atoms with Crippen LogP contribution in [0.5, 0.6) is 11.5 Å². The molecule has 2 rings (SSSR count). The van der Waals surface area contributed by atoms with Crippen molar-refractivity contribution in [2.45, 2.75) is 0 Å². The number of rotatable bonds is 2. The molecule has 0 atom stereocenters. The van der Waals surface area contributed by atoms with Gasteiger partial charge in [0.25, 0.3) is 0 Å². The predicted octanol–water partition coefficient (Wildman–Crippen LogP) is 4.92. The molecule has 0 aliphatic heterocycles. The van der Waals surface area contributed by atoms with Crippen molar-refractivity contribution in [3.05, 3.63) is 50.1 Å². The summed E-state index contributed by atoms with van der Waals surface area (Å²) in [5.41, 5.74) is 0.206. The fourth-order valence-electron chi connectivity index (χ4n) is 1.26. The van der Waals surface area contributed by atoms with Crippen molar-refractivity contribution in [1.82, 2.24) is 4.98 Å². The van der Waals surface area contributed by atoms with Gasteiger partial charge in [0, 0.05) is 15.1 Å². The molecular formula is C12H5Br2ClN2O. The zero-order valence-corrected chi connectivity index (χ0v) is 12.8. The van der Waals surface area contributed by atoms with Gasteiger partial charge in [-0.1, -0.05) is 27.5 Å². The first-order valence-corrected chi connectivity index (χ1v) is 6.75. The Morgan fingerprint density at radius 3 is 2.61 bits per heavy atom. The van der Waals surface area contributed by atoms with Gasteiger partial charge in [0.05, 0.1) is 5.02 Å². The SMILES string of the molecule is N#Cc1ncc(Br)cc1Oc1ccc(Br)cc1Cl. The third-order valence-corrected chi connectivity index (χ3v) is 3.26. The third-order valence-electron chi connectivity index (χ3n) is 2.04. The maximum Gasteiger partial charge on any atom is 0.183 e. The molecule has 0 amide bonds. The zero-order valence-electron chi connectivity index (χ0n) is 8.82. The van der Waals surface area contributed by atoms with Crippen molar-refractivity contribution in [3.63, 3.8) is 0 Å². The molecular weight excluding hydrogens is 383 g/mol. The summed E-state index contributed by atoms with van der Waals surface area (Å²) >= 11 is 12.6. The quantitative estimate of drug-likeness (QED) is 0.733. The van der Waals surface area contributed by atoms with Gasteiger partial charge >= 0.3 is 0 Å². The molecule has 1 heterocycles. The molecule has 0 saturated carbocycles. The van der Waals surface area contributed by atoms with Crippen LogP contribution >= 0.6 is 43.5 Å². The normalized spacial score (nSPS) is 9.89. The number of hydrogen-bond donors (Lipinski definition) is 0. The smallest absolute Gasteiger partial charge is 0.183 e. The van der Waals surface area contributed by atoms with Crippen LogP contribution in [0.3, 0.4) is 0 Å². The summed E-state index contributed by atoms with van der Waals surface area (Å²) in [5, 5.41) is 9.40. The van der Waals surface area contributed by atoms with E-state index in [1.165, 1.54) is 6.20 Å². The Morgan fingerprint density at radius 1 is 1.17 bits per heavy atom. The maximum atomic E-state index is 8.95. The molecule has 1 aromatic heterocycles. The second-order valence-corrected chi connectivity index (χ2v) is 5.53. The summed E-state index contributed by atoms with van der Waals surface area (Å²) in [4.78, 5) is 3.95. The average molecular weight is 388 g/mol. The van der Waals surface area contributed by atoms with Gasteiger partial charge in [0.2, 0.25) is 0 Å². The summed E-state index contributed by atoms with van der Waals surface area (Å²) in [5.74, 6) is 0.826. The molecule has 6 heteroatoms. The topological polar surface area (TPSA) is 45.9 Å². The van der Waals surface area contributed by atoms with Crippen LogP contribution in [0, 0.1) is 11.3 Å². The number of hydrogen-bond acceptors (Lipinski definition) is 3. The lowest BCUT2D eigenvalue weighted by atomic mass is 10.3. The van der Waals surface area contributed by atoms with Crippen LogP contribution in [-0.4, -0.2) is 4.98 Å². The predicted molar refractivity (Wildman–Crippen MR) is 75.9 cm³/mol. The van der Waals surface area contributed by atoms with E-state index in [0.29, 0.717) is 16.5 Å². The molecule has 2 aromatic rings. The van der Waals surface area contributed by atoms with E-state index in [9.17, 15) is 0 Å². The van der Waals surface area contributed by atoms with E-state index in [4.69, 9.17) is 21.6 Å². The molecule has 18 heavy (non-hydrogen) atoms. The van der Waals surface area contributed by atoms with E-state index in [-0.39, 0.29) is 5.69 Å². The Kier molecular flexibility index (Phi) is 4.23. The molecule has 0 aliphatic carbocycles. The minimum absolute atomic E-state index is 0.206. The fourth-order valence-corrected chi connectivity index (χ4v) is 2.28. The van der Waals surface area contributed by atoms with E-state index in [1.54, 1.807) is 24.3 Å².